The van der Waals surface area contributed by atoms with Crippen molar-refractivity contribution < 1.29 is 18.9 Å². The molecule has 4 heteroatoms. The zero-order valence-corrected chi connectivity index (χ0v) is 45.8. The minimum absolute atomic E-state index is 0.656. The lowest BCUT2D eigenvalue weighted by molar-refractivity contribution is 0.259. The van der Waals surface area contributed by atoms with E-state index < -0.39 is 0 Å². The molecule has 0 N–H and O–H groups in total. The van der Waals surface area contributed by atoms with Gasteiger partial charge in [-0.15, -0.1) is 0 Å². The fourth-order valence-corrected chi connectivity index (χ4v) is 11.4. The Kier molecular flexibility index (Phi) is 17.7. The molecule has 0 spiro atoms. The second-order valence-electron chi connectivity index (χ2n) is 21.1. The Morgan fingerprint density at radius 2 is 0.592 bits per heavy atom. The number of hydrogen-bond acceptors (Lipinski definition) is 4. The minimum Gasteiger partial charge on any atom is -0.490 e. The molecule has 0 aliphatic carbocycles. The predicted octanol–water partition coefficient (Wildman–Crippen LogP) is 21.5. The molecule has 0 saturated heterocycles. The molecule has 13 rings (SSSR count). The number of fused-ring (bicyclic) bond motifs is 4. The van der Waals surface area contributed by atoms with Crippen LogP contribution in [0.15, 0.2) is 158 Å². The van der Waals surface area contributed by atoms with Crippen LogP contribution in [0.1, 0.15) is 130 Å². The molecule has 0 aliphatic rings. The van der Waals surface area contributed by atoms with Gasteiger partial charge >= 0.3 is 0 Å². The van der Waals surface area contributed by atoms with Crippen LogP contribution in [0.2, 0.25) is 0 Å². The lowest BCUT2D eigenvalue weighted by atomic mass is 9.84. The van der Waals surface area contributed by atoms with Gasteiger partial charge in [0, 0.05) is 0 Å². The lowest BCUT2D eigenvalue weighted by Crippen LogP contribution is -2.03. The first-order valence-electron chi connectivity index (χ1n) is 29.1. The Bertz CT molecular complexity index is 3350. The average Bonchev–Trinajstić information content (AvgIpc) is 3.64. The summed E-state index contributed by atoms with van der Waals surface area (Å²) in [4.78, 5) is 0. The third-order valence-corrected chi connectivity index (χ3v) is 15.5. The molecule has 0 radical (unpaired) electrons. The van der Waals surface area contributed by atoms with E-state index in [-0.39, 0.29) is 0 Å². The maximum absolute atomic E-state index is 6.76. The highest BCUT2D eigenvalue weighted by Gasteiger charge is 2.22. The summed E-state index contributed by atoms with van der Waals surface area (Å²) in [6.45, 7) is 11.7. The Balaban J connectivity index is 1.27. The summed E-state index contributed by atoms with van der Waals surface area (Å²) in [7, 11) is 0. The van der Waals surface area contributed by atoms with E-state index in [0.29, 0.717) is 26.4 Å². The van der Waals surface area contributed by atoms with Crippen molar-refractivity contribution in [2.24, 2.45) is 0 Å². The Hall–Kier alpha value is -7.04. The van der Waals surface area contributed by atoms with Gasteiger partial charge in [0.15, 0.2) is 23.0 Å². The van der Waals surface area contributed by atoms with Gasteiger partial charge in [-0.3, -0.25) is 0 Å². The molecule has 13 aromatic rings. The first kappa shape index (κ1) is 52.4. The fraction of sp³-hybridized carbons (Fsp3) is 0.333. The molecule has 0 heterocycles. The van der Waals surface area contributed by atoms with E-state index in [1.807, 2.05) is 0 Å². The van der Waals surface area contributed by atoms with Crippen molar-refractivity contribution in [3.8, 4) is 45.3 Å². The van der Waals surface area contributed by atoms with E-state index in [9.17, 15) is 0 Å². The Morgan fingerprint density at radius 3 is 0.961 bits per heavy atom. The number of unbranched alkanes of at least 4 members (excludes halogenated alkanes) is 12. The molecule has 0 unspecified atom stereocenters. The molecule has 0 aromatic heterocycles. The molecule has 4 nitrogen and oxygen atoms in total. The summed E-state index contributed by atoms with van der Waals surface area (Å²) in [6.07, 6.45) is 18.3. The topological polar surface area (TPSA) is 36.9 Å². The van der Waals surface area contributed by atoms with Gasteiger partial charge in [0.05, 0.1) is 26.4 Å². The van der Waals surface area contributed by atoms with Crippen LogP contribution in [0.5, 0.6) is 23.0 Å². The standard InChI is InChI=1S/C72H78O4/c1-5-9-13-21-43-73-65-41-39-55(47-67(65)75-45-23-15-11-7-3)71-59-27-19-17-25-57(59)61-49-62-58-26-18-20-28-60(58)72(56-40-42-66(74-44-22-14-10-6-2)68(48-56)76-46-24-16-12-8-4)70-54-37-33-52(34-38-54)30-29-51-31-35-53(36-32-51)69(71)63(61)50-64(62)70/h17-20,25-42,47-50H,5-16,21-24,43-46H2,1-4H3. The third kappa shape index (κ3) is 11.7. The van der Waals surface area contributed by atoms with Crippen LogP contribution in [0, 0.1) is 0 Å². The van der Waals surface area contributed by atoms with Crippen molar-refractivity contribution in [1.82, 2.24) is 0 Å². The molecule has 76 heavy (non-hydrogen) atoms. The summed E-state index contributed by atoms with van der Waals surface area (Å²) < 4.78 is 26.7. The van der Waals surface area contributed by atoms with Gasteiger partial charge in [-0.05, 0) is 160 Å². The molecule has 6 bridgehead atoms. The first-order chi connectivity index (χ1) is 37.6. The monoisotopic (exact) mass is 1010 g/mol. The van der Waals surface area contributed by atoms with E-state index in [2.05, 4.69) is 185 Å². The minimum atomic E-state index is 0.656. The van der Waals surface area contributed by atoms with Gasteiger partial charge in [-0.2, -0.15) is 0 Å². The second-order valence-corrected chi connectivity index (χ2v) is 21.1. The molecule has 0 amide bonds. The van der Waals surface area contributed by atoms with Crippen molar-refractivity contribution in [3.63, 3.8) is 0 Å². The van der Waals surface area contributed by atoms with Crippen molar-refractivity contribution in [2.45, 2.75) is 130 Å². The number of hydrogen-bond donors (Lipinski definition) is 0. The van der Waals surface area contributed by atoms with Gasteiger partial charge < -0.3 is 18.9 Å². The number of rotatable bonds is 26. The summed E-state index contributed by atoms with van der Waals surface area (Å²) in [5.41, 5.74) is 4.61. The lowest BCUT2D eigenvalue weighted by Gasteiger charge is -2.20. The number of benzene rings is 9. The molecular formula is C72H78O4. The summed E-state index contributed by atoms with van der Waals surface area (Å²) >= 11 is 0. The van der Waals surface area contributed by atoms with Crippen LogP contribution >= 0.6 is 0 Å². The van der Waals surface area contributed by atoms with Crippen molar-refractivity contribution >= 4 is 75.4 Å². The highest BCUT2D eigenvalue weighted by Crippen LogP contribution is 2.49. The molecule has 0 fully saturated rings. The SMILES string of the molecule is CCCCCCOc1ccc(-c2c3ccccc3c3cc4c5ccccc5c(-c5ccc(OCCCCCC)c(OCCCCCC)c5)c5c6ccc(ccc7ccc(cc7)c2c3cc45)cc6)cc1OCCCCCC. The predicted molar refractivity (Wildman–Crippen MR) is 327 cm³/mol. The normalized spacial score (nSPS) is 11.7. The van der Waals surface area contributed by atoms with E-state index in [1.54, 1.807) is 0 Å². The van der Waals surface area contributed by atoms with Crippen LogP contribution < -0.4 is 18.9 Å². The van der Waals surface area contributed by atoms with Crippen LogP contribution in [0.3, 0.4) is 0 Å². The quantitative estimate of drug-likeness (QED) is 0.0308. The van der Waals surface area contributed by atoms with Crippen LogP contribution in [0.25, 0.3) is 97.7 Å². The molecule has 13 aromatic carbocycles. The fourth-order valence-electron chi connectivity index (χ4n) is 11.4. The molecule has 0 atom stereocenters. The average molecular weight is 1010 g/mol. The van der Waals surface area contributed by atoms with Crippen LogP contribution in [0.4, 0.5) is 0 Å². The van der Waals surface area contributed by atoms with Crippen LogP contribution in [-0.2, 0) is 0 Å². The Morgan fingerprint density at radius 1 is 0.263 bits per heavy atom. The zero-order valence-electron chi connectivity index (χ0n) is 45.8. The van der Waals surface area contributed by atoms with Crippen molar-refractivity contribution in [2.75, 3.05) is 26.4 Å². The summed E-state index contributed by atoms with van der Waals surface area (Å²) in [5.74, 6) is 3.27. The maximum Gasteiger partial charge on any atom is 0.161 e. The van der Waals surface area contributed by atoms with E-state index >= 15 is 0 Å². The highest BCUT2D eigenvalue weighted by molar-refractivity contribution is 6.34. The smallest absolute Gasteiger partial charge is 0.161 e. The molecule has 0 aliphatic heterocycles. The van der Waals surface area contributed by atoms with Crippen LogP contribution in [-0.4, -0.2) is 26.4 Å². The first-order valence-corrected chi connectivity index (χ1v) is 29.1. The van der Waals surface area contributed by atoms with Gasteiger partial charge in [0.2, 0.25) is 0 Å². The van der Waals surface area contributed by atoms with Gasteiger partial charge in [-0.25, -0.2) is 0 Å². The number of ether oxygens (including phenoxy) is 4. The third-order valence-electron chi connectivity index (χ3n) is 15.5. The highest BCUT2D eigenvalue weighted by atomic mass is 16.5. The largest absolute Gasteiger partial charge is 0.490 e. The zero-order chi connectivity index (χ0) is 52.1. The van der Waals surface area contributed by atoms with Crippen molar-refractivity contribution in [1.29, 1.82) is 0 Å². The molecule has 0 saturated carbocycles. The molecule has 390 valence electrons. The molecular weight excluding hydrogens is 929 g/mol. The van der Waals surface area contributed by atoms with E-state index in [1.165, 1.54) is 127 Å². The van der Waals surface area contributed by atoms with Crippen molar-refractivity contribution in [3.05, 3.63) is 158 Å². The maximum atomic E-state index is 6.76. The van der Waals surface area contributed by atoms with Gasteiger partial charge in [0.25, 0.3) is 0 Å². The van der Waals surface area contributed by atoms with E-state index in [0.717, 1.165) is 96.3 Å². The van der Waals surface area contributed by atoms with Gasteiger partial charge in [-0.1, -0.05) is 226 Å². The van der Waals surface area contributed by atoms with Gasteiger partial charge in [0.1, 0.15) is 0 Å². The summed E-state index contributed by atoms with van der Waals surface area (Å²) in [6, 6.07) is 59.3. The second kappa shape index (κ2) is 25.7. The van der Waals surface area contributed by atoms with E-state index in [4.69, 9.17) is 18.9 Å². The summed E-state index contributed by atoms with van der Waals surface area (Å²) in [5, 5.41) is 16.8. The Labute approximate surface area is 452 Å².